The van der Waals surface area contributed by atoms with Gasteiger partial charge in [-0.2, -0.15) is 0 Å². The number of methoxy groups -OCH3 is 1. The van der Waals surface area contributed by atoms with Crippen molar-refractivity contribution in [3.05, 3.63) is 53.1 Å². The van der Waals surface area contributed by atoms with Crippen molar-refractivity contribution in [3.8, 4) is 11.5 Å². The Labute approximate surface area is 182 Å². The fourth-order valence-electron chi connectivity index (χ4n) is 2.52. The first-order valence-electron chi connectivity index (χ1n) is 9.21. The number of benzene rings is 2. The molecule has 0 atom stereocenters. The minimum Gasteiger partial charge on any atom is -0.493 e. The van der Waals surface area contributed by atoms with E-state index in [4.69, 9.17) is 21.1 Å². The number of rotatable bonds is 9. The van der Waals surface area contributed by atoms with Gasteiger partial charge >= 0.3 is 0 Å². The predicted molar refractivity (Wildman–Crippen MR) is 119 cm³/mol. The Balaban J connectivity index is 2.23. The molecule has 2 rings (SSSR count). The molecule has 9 heteroatoms. The van der Waals surface area contributed by atoms with Crippen molar-refractivity contribution in [1.29, 1.82) is 0 Å². The van der Waals surface area contributed by atoms with Gasteiger partial charge < -0.3 is 14.8 Å². The number of hydrogen-bond donors (Lipinski definition) is 1. The van der Waals surface area contributed by atoms with Crippen molar-refractivity contribution in [2.75, 3.05) is 33.1 Å². The lowest BCUT2D eigenvalue weighted by Gasteiger charge is -2.15. The van der Waals surface area contributed by atoms with E-state index in [1.165, 1.54) is 39.4 Å². The van der Waals surface area contributed by atoms with Gasteiger partial charge in [0.05, 0.1) is 24.4 Å². The number of para-hydroxylation sites is 1. The first kappa shape index (κ1) is 23.7. The molecule has 0 saturated carbocycles. The van der Waals surface area contributed by atoms with E-state index in [2.05, 4.69) is 5.32 Å². The Morgan fingerprint density at radius 2 is 1.93 bits per heavy atom. The summed E-state index contributed by atoms with van der Waals surface area (Å²) >= 11 is 6.28. The number of carbonyl (C=O) groups is 1. The second kappa shape index (κ2) is 10.5. The van der Waals surface area contributed by atoms with Crippen LogP contribution < -0.4 is 14.8 Å². The summed E-state index contributed by atoms with van der Waals surface area (Å²) in [4.78, 5) is 12.4. The Hall–Kier alpha value is -2.55. The van der Waals surface area contributed by atoms with E-state index in [9.17, 15) is 13.2 Å². The summed E-state index contributed by atoms with van der Waals surface area (Å²) in [6.45, 7) is 2.49. The van der Waals surface area contributed by atoms with Crippen molar-refractivity contribution < 1.29 is 22.7 Å². The molecule has 0 aromatic heterocycles. The van der Waals surface area contributed by atoms with Crippen LogP contribution in [0.5, 0.6) is 11.5 Å². The molecule has 7 nitrogen and oxygen atoms in total. The second-order valence-electron chi connectivity index (χ2n) is 6.49. The summed E-state index contributed by atoms with van der Waals surface area (Å²) in [7, 11) is 0.665. The highest BCUT2D eigenvalue weighted by atomic mass is 35.5. The number of halogens is 1. The second-order valence-corrected chi connectivity index (χ2v) is 9.02. The summed E-state index contributed by atoms with van der Waals surface area (Å²) in [5, 5.41) is 2.97. The molecule has 1 amide bonds. The molecule has 30 heavy (non-hydrogen) atoms. The predicted octanol–water partition coefficient (Wildman–Crippen LogP) is 4.04. The van der Waals surface area contributed by atoms with Gasteiger partial charge in [-0.1, -0.05) is 30.7 Å². The molecule has 0 bridgehead atoms. The number of ether oxygens (including phenoxy) is 2. The summed E-state index contributed by atoms with van der Waals surface area (Å²) in [5.41, 5.74) is 0.824. The molecule has 2 aromatic rings. The molecule has 0 saturated heterocycles. The van der Waals surface area contributed by atoms with E-state index in [-0.39, 0.29) is 10.6 Å². The lowest BCUT2D eigenvalue weighted by atomic mass is 10.2. The van der Waals surface area contributed by atoms with Gasteiger partial charge in [0.2, 0.25) is 15.9 Å². The Bertz CT molecular complexity index is 1040. The molecule has 0 aliphatic heterocycles. The molecule has 0 aliphatic rings. The van der Waals surface area contributed by atoms with Crippen molar-refractivity contribution in [1.82, 2.24) is 4.31 Å². The van der Waals surface area contributed by atoms with Gasteiger partial charge in [0.1, 0.15) is 4.90 Å². The number of anilines is 1. The summed E-state index contributed by atoms with van der Waals surface area (Å²) in [5.74, 6) is 0.418. The van der Waals surface area contributed by atoms with Gasteiger partial charge in [0.25, 0.3) is 0 Å². The average molecular weight is 453 g/mol. The first-order chi connectivity index (χ1) is 14.2. The summed E-state index contributed by atoms with van der Waals surface area (Å²) < 4.78 is 36.9. The normalized spacial score (nSPS) is 11.7. The summed E-state index contributed by atoms with van der Waals surface area (Å²) in [6, 6.07) is 9.57. The molecule has 0 heterocycles. The number of nitrogens with one attached hydrogen (secondary N) is 1. The highest BCUT2D eigenvalue weighted by Crippen LogP contribution is 2.37. The number of hydrogen-bond acceptors (Lipinski definition) is 5. The first-order valence-corrected chi connectivity index (χ1v) is 11.0. The van der Waals surface area contributed by atoms with Crippen molar-refractivity contribution in [3.63, 3.8) is 0 Å². The Kier molecular flexibility index (Phi) is 8.28. The van der Waals surface area contributed by atoms with Crippen molar-refractivity contribution >= 4 is 39.3 Å². The molecule has 162 valence electrons. The maximum atomic E-state index is 12.4. The highest BCUT2D eigenvalue weighted by Gasteiger charge is 2.21. The number of sulfonamides is 1. The third-order valence-corrected chi connectivity index (χ3v) is 6.19. The van der Waals surface area contributed by atoms with Gasteiger partial charge in [0.15, 0.2) is 11.5 Å². The average Bonchev–Trinajstić information content (AvgIpc) is 2.71. The number of amides is 1. The van der Waals surface area contributed by atoms with Crippen LogP contribution in [0.2, 0.25) is 5.02 Å². The third-order valence-electron chi connectivity index (χ3n) is 4.03. The standard InChI is InChI=1S/C21H25ClN2O5S/c1-5-12-29-21-16(22)13-15(14-18(21)28-4)10-11-20(25)23-17-8-6-7-9-19(17)30(26,27)24(2)3/h6-11,13-14H,5,12H2,1-4H3,(H,23,25)/b11-10+. The van der Waals surface area contributed by atoms with Crippen molar-refractivity contribution in [2.45, 2.75) is 18.2 Å². The molecule has 1 N–H and O–H groups in total. The SMILES string of the molecule is CCCOc1c(Cl)cc(/C=C/C(=O)Nc2ccccc2S(=O)(=O)N(C)C)cc1OC. The van der Waals surface area contributed by atoms with Gasteiger partial charge in [-0.05, 0) is 42.3 Å². The third kappa shape index (κ3) is 5.75. The molecular formula is C21H25ClN2O5S. The minimum absolute atomic E-state index is 0.0129. The molecule has 2 aromatic carbocycles. The Morgan fingerprint density at radius 1 is 1.23 bits per heavy atom. The molecular weight excluding hydrogens is 428 g/mol. The zero-order chi connectivity index (χ0) is 22.3. The van der Waals surface area contributed by atoms with Crippen molar-refractivity contribution in [2.24, 2.45) is 0 Å². The lowest BCUT2D eigenvalue weighted by molar-refractivity contribution is -0.111. The van der Waals surface area contributed by atoms with Crippen LogP contribution in [0.4, 0.5) is 5.69 Å². The monoisotopic (exact) mass is 452 g/mol. The quantitative estimate of drug-likeness (QED) is 0.580. The number of nitrogens with zero attached hydrogens (tertiary/aromatic N) is 1. The molecule has 0 fully saturated rings. The topological polar surface area (TPSA) is 84.9 Å². The fourth-order valence-corrected chi connectivity index (χ4v) is 3.83. The van der Waals surface area contributed by atoms with E-state index in [1.807, 2.05) is 6.92 Å². The van der Waals surface area contributed by atoms with Crippen LogP contribution in [0.1, 0.15) is 18.9 Å². The molecule has 0 aliphatic carbocycles. The number of carbonyl (C=O) groups excluding carboxylic acids is 1. The maximum Gasteiger partial charge on any atom is 0.248 e. The van der Waals surface area contributed by atoms with E-state index in [0.717, 1.165) is 10.7 Å². The van der Waals surface area contributed by atoms with E-state index < -0.39 is 15.9 Å². The van der Waals surface area contributed by atoms with Crippen LogP contribution >= 0.6 is 11.6 Å². The van der Waals surface area contributed by atoms with Gasteiger partial charge in [-0.3, -0.25) is 4.79 Å². The van der Waals surface area contributed by atoms with E-state index in [1.54, 1.807) is 30.3 Å². The van der Waals surface area contributed by atoms with Crippen LogP contribution in [-0.2, 0) is 14.8 Å². The van der Waals surface area contributed by atoms with Crippen LogP contribution in [-0.4, -0.2) is 46.4 Å². The Morgan fingerprint density at radius 3 is 2.57 bits per heavy atom. The van der Waals surface area contributed by atoms with Crippen LogP contribution in [0.3, 0.4) is 0 Å². The van der Waals surface area contributed by atoms with Crippen LogP contribution in [0, 0.1) is 0 Å². The molecule has 0 radical (unpaired) electrons. The zero-order valence-electron chi connectivity index (χ0n) is 17.3. The van der Waals surface area contributed by atoms with E-state index >= 15 is 0 Å². The molecule has 0 unspecified atom stereocenters. The van der Waals surface area contributed by atoms with E-state index in [0.29, 0.717) is 28.7 Å². The maximum absolute atomic E-state index is 12.4. The van der Waals surface area contributed by atoms with Gasteiger partial charge in [0, 0.05) is 20.2 Å². The summed E-state index contributed by atoms with van der Waals surface area (Å²) in [6.07, 6.45) is 3.67. The molecule has 0 spiro atoms. The zero-order valence-corrected chi connectivity index (χ0v) is 18.9. The van der Waals surface area contributed by atoms with Crippen LogP contribution in [0.25, 0.3) is 6.08 Å². The van der Waals surface area contributed by atoms with Crippen LogP contribution in [0.15, 0.2) is 47.4 Å². The van der Waals surface area contributed by atoms with Gasteiger partial charge in [-0.15, -0.1) is 0 Å². The highest BCUT2D eigenvalue weighted by molar-refractivity contribution is 7.89. The lowest BCUT2D eigenvalue weighted by Crippen LogP contribution is -2.24. The van der Waals surface area contributed by atoms with Gasteiger partial charge in [-0.25, -0.2) is 12.7 Å². The fraction of sp³-hybridized carbons (Fsp3) is 0.286. The minimum atomic E-state index is -3.70. The largest absolute Gasteiger partial charge is 0.493 e. The smallest absolute Gasteiger partial charge is 0.248 e.